The van der Waals surface area contributed by atoms with Crippen LogP contribution in [-0.4, -0.2) is 16.1 Å². The maximum Gasteiger partial charge on any atom is 0.412 e. The first-order valence-corrected chi connectivity index (χ1v) is 6.41. The Labute approximate surface area is 120 Å². The van der Waals surface area contributed by atoms with E-state index in [1.165, 1.54) is 0 Å². The van der Waals surface area contributed by atoms with E-state index in [0.29, 0.717) is 5.52 Å². The first kappa shape index (κ1) is 13.1. The Balaban J connectivity index is 1.95. The zero-order valence-corrected chi connectivity index (χ0v) is 11.1. The van der Waals surface area contributed by atoms with Gasteiger partial charge in [-0.25, -0.2) is 4.79 Å². The molecule has 1 unspecified atom stereocenters. The molecular weight excluding hydrogens is 268 g/mol. The number of carbonyl (C=O) groups excluding carboxylic acids is 1. The zero-order valence-electron chi connectivity index (χ0n) is 11.1. The lowest BCUT2D eigenvalue weighted by atomic mass is 9.99. The van der Waals surface area contributed by atoms with Crippen LogP contribution in [0.2, 0.25) is 0 Å². The summed E-state index contributed by atoms with van der Waals surface area (Å²) in [5.74, 6) is 0. The summed E-state index contributed by atoms with van der Waals surface area (Å²) < 4.78 is 4.73. The Morgan fingerprint density at radius 2 is 1.90 bits per heavy atom. The minimum absolute atomic E-state index is 0.0722. The molecule has 21 heavy (non-hydrogen) atoms. The number of ether oxygens (including phenoxy) is 1. The Morgan fingerprint density at radius 1 is 1.14 bits per heavy atom. The molecule has 0 aliphatic heterocycles. The van der Waals surface area contributed by atoms with Crippen LogP contribution in [0.15, 0.2) is 48.5 Å². The summed E-state index contributed by atoms with van der Waals surface area (Å²) >= 11 is 0. The molecule has 0 radical (unpaired) electrons. The van der Waals surface area contributed by atoms with E-state index in [9.17, 15) is 4.79 Å². The number of aromatic nitrogens is 2. The highest BCUT2D eigenvalue weighted by molar-refractivity contribution is 5.78. The van der Waals surface area contributed by atoms with Crippen LogP contribution in [0, 0.1) is 0 Å². The van der Waals surface area contributed by atoms with Crippen LogP contribution in [0.25, 0.3) is 11.0 Å². The van der Waals surface area contributed by atoms with Crippen LogP contribution in [0.4, 0.5) is 4.79 Å². The maximum absolute atomic E-state index is 10.7. The van der Waals surface area contributed by atoms with Gasteiger partial charge in [-0.1, -0.05) is 36.4 Å². The molecule has 1 atom stereocenters. The van der Waals surface area contributed by atoms with Crippen LogP contribution in [0.3, 0.4) is 0 Å². The lowest BCUT2D eigenvalue weighted by Gasteiger charge is -2.12. The van der Waals surface area contributed by atoms with Gasteiger partial charge in [0.1, 0.15) is 0 Å². The van der Waals surface area contributed by atoms with Crippen molar-refractivity contribution in [3.8, 4) is 6.01 Å². The molecular formula is C15H14N4O2. The van der Waals surface area contributed by atoms with Gasteiger partial charge in [0, 0.05) is 0 Å². The highest BCUT2D eigenvalue weighted by Gasteiger charge is 2.12. The fourth-order valence-electron chi connectivity index (χ4n) is 2.19. The second-order valence-corrected chi connectivity index (χ2v) is 4.63. The number of imidazole rings is 1. The quantitative estimate of drug-likeness (QED) is 0.683. The lowest BCUT2D eigenvalue weighted by molar-refractivity contribution is 0.207. The van der Waals surface area contributed by atoms with Gasteiger partial charge in [-0.2, -0.15) is 4.98 Å². The van der Waals surface area contributed by atoms with Crippen LogP contribution in [-0.2, 0) is 0 Å². The van der Waals surface area contributed by atoms with Crippen molar-refractivity contribution >= 4 is 17.1 Å². The van der Waals surface area contributed by atoms with E-state index < -0.39 is 6.09 Å². The van der Waals surface area contributed by atoms with Crippen LogP contribution in [0.5, 0.6) is 6.01 Å². The molecule has 0 aliphatic carbocycles. The van der Waals surface area contributed by atoms with Crippen molar-refractivity contribution < 1.29 is 9.53 Å². The van der Waals surface area contributed by atoms with Gasteiger partial charge in [-0.15, -0.1) is 0 Å². The third kappa shape index (κ3) is 2.70. The molecule has 0 spiro atoms. The topological polar surface area (TPSA) is 107 Å². The number of nitrogens with zero attached hydrogens (tertiary/aromatic N) is 1. The average Bonchev–Trinajstić information content (AvgIpc) is 2.87. The first-order valence-electron chi connectivity index (χ1n) is 6.41. The van der Waals surface area contributed by atoms with Crippen molar-refractivity contribution in [3.63, 3.8) is 0 Å². The van der Waals surface area contributed by atoms with E-state index >= 15 is 0 Å². The summed E-state index contributed by atoms with van der Waals surface area (Å²) in [6.45, 7) is 0. The van der Waals surface area contributed by atoms with E-state index in [1.807, 2.05) is 48.5 Å². The number of hydrogen-bond donors (Lipinski definition) is 3. The van der Waals surface area contributed by atoms with Gasteiger partial charge in [0.2, 0.25) is 0 Å². The predicted octanol–water partition coefficient (Wildman–Crippen LogP) is 2.07. The number of amides is 1. The number of aromatic amines is 1. The number of primary amides is 1. The fraction of sp³-hybridized carbons (Fsp3) is 0.0667. The third-order valence-electron chi connectivity index (χ3n) is 3.20. The van der Waals surface area contributed by atoms with Crippen molar-refractivity contribution in [2.45, 2.75) is 6.04 Å². The van der Waals surface area contributed by atoms with E-state index in [0.717, 1.165) is 16.6 Å². The standard InChI is InChI=1S/C15H14N4O2/c16-13(9-4-2-1-3-5-9)10-6-7-11-12(8-10)19-15(18-11)21-14(17)20/h1-8,13H,16H2,(H2,17,20)(H,18,19). The molecule has 106 valence electrons. The largest absolute Gasteiger partial charge is 0.412 e. The lowest BCUT2D eigenvalue weighted by Crippen LogP contribution is -2.16. The number of hydrogen-bond acceptors (Lipinski definition) is 4. The summed E-state index contributed by atoms with van der Waals surface area (Å²) in [5, 5.41) is 0. The van der Waals surface area contributed by atoms with Gasteiger partial charge in [0.25, 0.3) is 0 Å². The zero-order chi connectivity index (χ0) is 14.8. The SMILES string of the molecule is NC(=O)Oc1nc2cc(C(N)c3ccccc3)ccc2[nH]1. The van der Waals surface area contributed by atoms with Gasteiger partial charge in [-0.3, -0.25) is 0 Å². The third-order valence-corrected chi connectivity index (χ3v) is 3.20. The number of nitrogens with two attached hydrogens (primary N) is 2. The summed E-state index contributed by atoms with van der Waals surface area (Å²) in [4.78, 5) is 17.7. The number of nitrogens with one attached hydrogen (secondary N) is 1. The molecule has 1 heterocycles. The minimum Gasteiger partial charge on any atom is -0.376 e. The van der Waals surface area contributed by atoms with Gasteiger partial charge in [0.05, 0.1) is 17.1 Å². The normalized spacial score (nSPS) is 12.2. The fourth-order valence-corrected chi connectivity index (χ4v) is 2.19. The van der Waals surface area contributed by atoms with Gasteiger partial charge in [0.15, 0.2) is 0 Å². The number of benzene rings is 2. The summed E-state index contributed by atoms with van der Waals surface area (Å²) in [5.41, 5.74) is 14.6. The second kappa shape index (κ2) is 5.26. The molecule has 0 saturated heterocycles. The molecule has 0 bridgehead atoms. The molecule has 3 aromatic rings. The van der Waals surface area contributed by atoms with Gasteiger partial charge in [-0.05, 0) is 23.3 Å². The molecule has 6 nitrogen and oxygen atoms in total. The summed E-state index contributed by atoms with van der Waals surface area (Å²) in [7, 11) is 0. The van der Waals surface area contributed by atoms with E-state index in [2.05, 4.69) is 9.97 Å². The first-order chi connectivity index (χ1) is 10.1. The molecule has 3 rings (SSSR count). The molecule has 1 aromatic heterocycles. The molecule has 5 N–H and O–H groups in total. The van der Waals surface area contributed by atoms with Gasteiger partial charge < -0.3 is 21.2 Å². The van der Waals surface area contributed by atoms with Crippen molar-refractivity contribution in [1.29, 1.82) is 0 Å². The predicted molar refractivity (Wildman–Crippen MR) is 78.8 cm³/mol. The minimum atomic E-state index is -0.907. The molecule has 0 saturated carbocycles. The molecule has 1 amide bonds. The summed E-state index contributed by atoms with van der Waals surface area (Å²) in [6, 6.07) is 15.2. The van der Waals surface area contributed by atoms with Crippen molar-refractivity contribution in [2.24, 2.45) is 11.5 Å². The van der Waals surface area contributed by atoms with Crippen molar-refractivity contribution in [2.75, 3.05) is 0 Å². The number of rotatable bonds is 3. The number of carbonyl (C=O) groups is 1. The van der Waals surface area contributed by atoms with Crippen LogP contribution >= 0.6 is 0 Å². The van der Waals surface area contributed by atoms with E-state index in [4.69, 9.17) is 16.2 Å². The molecule has 0 aliphatic rings. The van der Waals surface area contributed by atoms with Crippen LogP contribution in [0.1, 0.15) is 17.2 Å². The monoisotopic (exact) mass is 282 g/mol. The Kier molecular flexibility index (Phi) is 3.29. The number of H-pyrrole nitrogens is 1. The Morgan fingerprint density at radius 3 is 2.62 bits per heavy atom. The smallest absolute Gasteiger partial charge is 0.376 e. The van der Waals surface area contributed by atoms with E-state index in [1.54, 1.807) is 0 Å². The van der Waals surface area contributed by atoms with Gasteiger partial charge >= 0.3 is 12.1 Å². The van der Waals surface area contributed by atoms with Crippen molar-refractivity contribution in [3.05, 3.63) is 59.7 Å². The molecule has 2 aromatic carbocycles. The van der Waals surface area contributed by atoms with Crippen molar-refractivity contribution in [1.82, 2.24) is 9.97 Å². The Hall–Kier alpha value is -2.86. The van der Waals surface area contributed by atoms with Crippen LogP contribution < -0.4 is 16.2 Å². The van der Waals surface area contributed by atoms with E-state index in [-0.39, 0.29) is 12.1 Å². The highest BCUT2D eigenvalue weighted by atomic mass is 16.6. The maximum atomic E-state index is 10.7. The number of fused-ring (bicyclic) bond motifs is 1. The molecule has 0 fully saturated rings. The second-order valence-electron chi connectivity index (χ2n) is 4.63. The average molecular weight is 282 g/mol. The Bertz CT molecular complexity index is 783. The molecule has 6 heteroatoms. The summed E-state index contributed by atoms with van der Waals surface area (Å²) in [6.07, 6.45) is -0.907. The highest BCUT2D eigenvalue weighted by Crippen LogP contribution is 2.24.